The summed E-state index contributed by atoms with van der Waals surface area (Å²) in [6.45, 7) is 5.41. The summed E-state index contributed by atoms with van der Waals surface area (Å²) in [4.78, 5) is 15.5. The second kappa shape index (κ2) is 7.33. The number of hydrogen-bond donors (Lipinski definition) is 1. The molecule has 7 nitrogen and oxygen atoms in total. The summed E-state index contributed by atoms with van der Waals surface area (Å²) in [6.07, 6.45) is 9.21. The monoisotopic (exact) mass is 434 g/mol. The van der Waals surface area contributed by atoms with Crippen LogP contribution in [0.1, 0.15) is 62.8 Å². The fourth-order valence-electron chi connectivity index (χ4n) is 7.37. The van der Waals surface area contributed by atoms with Gasteiger partial charge < -0.3 is 4.90 Å². The molecule has 4 aliphatic carbocycles. The van der Waals surface area contributed by atoms with Gasteiger partial charge in [-0.05, 0) is 82.0 Å². The number of carbonyl (C=O) groups excluding carboxylic acids is 1. The van der Waals surface area contributed by atoms with E-state index in [1.54, 1.807) is 13.8 Å². The molecule has 1 aromatic heterocycles. The van der Waals surface area contributed by atoms with Crippen LogP contribution in [0.3, 0.4) is 0 Å². The molecule has 5 aliphatic rings. The van der Waals surface area contributed by atoms with Crippen LogP contribution in [0.4, 0.5) is 0 Å². The van der Waals surface area contributed by atoms with Gasteiger partial charge in [0.05, 0.1) is 11.4 Å². The van der Waals surface area contributed by atoms with E-state index >= 15 is 0 Å². The highest BCUT2D eigenvalue weighted by Crippen LogP contribution is 2.61. The molecule has 0 spiro atoms. The number of hydrogen-bond acceptors (Lipinski definition) is 4. The number of aryl methyl sites for hydroxylation is 2. The van der Waals surface area contributed by atoms with Crippen molar-refractivity contribution in [2.75, 3.05) is 26.2 Å². The molecule has 8 heteroatoms. The normalized spacial score (nSPS) is 34.3. The maximum Gasteiger partial charge on any atom is 0.246 e. The van der Waals surface area contributed by atoms with Crippen LogP contribution in [0.25, 0.3) is 0 Å². The second-order valence-electron chi connectivity index (χ2n) is 10.5. The fourth-order valence-corrected chi connectivity index (χ4v) is 9.17. The van der Waals surface area contributed by atoms with Gasteiger partial charge in [0.25, 0.3) is 0 Å². The van der Waals surface area contributed by atoms with Crippen molar-refractivity contribution in [1.29, 1.82) is 0 Å². The molecule has 4 bridgehead atoms. The van der Waals surface area contributed by atoms with Crippen LogP contribution in [-0.2, 0) is 14.8 Å². The van der Waals surface area contributed by atoms with Crippen molar-refractivity contribution < 1.29 is 13.2 Å². The first-order valence-corrected chi connectivity index (χ1v) is 13.0. The number of aromatic nitrogens is 2. The molecule has 6 rings (SSSR count). The van der Waals surface area contributed by atoms with Gasteiger partial charge in [-0.1, -0.05) is 0 Å². The van der Waals surface area contributed by atoms with E-state index in [0.717, 1.165) is 17.8 Å². The molecule has 2 heterocycles. The fraction of sp³-hybridized carbons (Fsp3) is 0.818. The predicted molar refractivity (Wildman–Crippen MR) is 113 cm³/mol. The molecule has 1 aromatic rings. The number of sulfonamides is 1. The average molecular weight is 435 g/mol. The minimum atomic E-state index is -3.59. The van der Waals surface area contributed by atoms with Crippen LogP contribution in [-0.4, -0.2) is 59.9 Å². The van der Waals surface area contributed by atoms with E-state index in [2.05, 4.69) is 10.2 Å². The Kier molecular flexibility index (Phi) is 5.01. The van der Waals surface area contributed by atoms with Crippen molar-refractivity contribution in [2.45, 2.75) is 70.1 Å². The van der Waals surface area contributed by atoms with Crippen molar-refractivity contribution in [3.05, 3.63) is 11.4 Å². The van der Waals surface area contributed by atoms with Gasteiger partial charge in [0.15, 0.2) is 0 Å². The minimum absolute atomic E-state index is 0.231. The summed E-state index contributed by atoms with van der Waals surface area (Å²) in [6, 6.07) is 0. The topological polar surface area (TPSA) is 86.4 Å². The van der Waals surface area contributed by atoms with Gasteiger partial charge >= 0.3 is 0 Å². The maximum absolute atomic E-state index is 13.3. The van der Waals surface area contributed by atoms with Crippen LogP contribution in [0.15, 0.2) is 4.90 Å². The molecule has 4 saturated carbocycles. The first-order chi connectivity index (χ1) is 14.3. The number of rotatable bonds is 4. The molecule has 1 saturated heterocycles. The van der Waals surface area contributed by atoms with E-state index in [1.807, 2.05) is 4.90 Å². The highest BCUT2D eigenvalue weighted by atomic mass is 32.2. The third-order valence-electron chi connectivity index (χ3n) is 8.16. The highest BCUT2D eigenvalue weighted by molar-refractivity contribution is 7.89. The number of aromatic amines is 1. The van der Waals surface area contributed by atoms with Crippen LogP contribution in [0.5, 0.6) is 0 Å². The predicted octanol–water partition coefficient (Wildman–Crippen LogP) is 2.86. The van der Waals surface area contributed by atoms with E-state index in [-0.39, 0.29) is 16.2 Å². The lowest BCUT2D eigenvalue weighted by Gasteiger charge is -2.57. The summed E-state index contributed by atoms with van der Waals surface area (Å²) in [5.74, 6) is 2.77. The van der Waals surface area contributed by atoms with E-state index in [0.29, 0.717) is 50.4 Å². The van der Waals surface area contributed by atoms with E-state index in [1.165, 1.54) is 42.8 Å². The first kappa shape index (κ1) is 20.5. The zero-order valence-electron chi connectivity index (χ0n) is 18.2. The number of carbonyl (C=O) groups is 1. The van der Waals surface area contributed by atoms with Gasteiger partial charge in [0, 0.05) is 32.6 Å². The van der Waals surface area contributed by atoms with Crippen LogP contribution >= 0.6 is 0 Å². The van der Waals surface area contributed by atoms with Gasteiger partial charge in [-0.3, -0.25) is 9.89 Å². The Morgan fingerprint density at radius 1 is 1.03 bits per heavy atom. The Morgan fingerprint density at radius 2 is 1.67 bits per heavy atom. The Bertz CT molecular complexity index is 883. The van der Waals surface area contributed by atoms with E-state index < -0.39 is 10.0 Å². The molecule has 166 valence electrons. The molecule has 0 atom stereocenters. The summed E-state index contributed by atoms with van der Waals surface area (Å²) in [7, 11) is -3.59. The Labute approximate surface area is 179 Å². The van der Waals surface area contributed by atoms with E-state index in [9.17, 15) is 13.2 Å². The van der Waals surface area contributed by atoms with Gasteiger partial charge in [0.1, 0.15) is 4.90 Å². The summed E-state index contributed by atoms with van der Waals surface area (Å²) in [5.41, 5.74) is 1.31. The van der Waals surface area contributed by atoms with Crippen LogP contribution < -0.4 is 0 Å². The Morgan fingerprint density at radius 3 is 2.23 bits per heavy atom. The summed E-state index contributed by atoms with van der Waals surface area (Å²) in [5, 5.41) is 6.83. The number of H-pyrrole nitrogens is 1. The lowest BCUT2D eigenvalue weighted by molar-refractivity contribution is -0.139. The molecule has 1 N–H and O–H groups in total. The number of amides is 1. The average Bonchev–Trinajstić information content (AvgIpc) is 2.86. The Balaban J connectivity index is 1.25. The van der Waals surface area contributed by atoms with Crippen molar-refractivity contribution in [3.8, 4) is 0 Å². The molecule has 1 aliphatic heterocycles. The lowest BCUT2D eigenvalue weighted by atomic mass is 9.49. The molecule has 5 fully saturated rings. The zero-order valence-corrected chi connectivity index (χ0v) is 19.0. The van der Waals surface area contributed by atoms with Crippen LogP contribution in [0, 0.1) is 37.0 Å². The number of nitrogens with one attached hydrogen (secondary N) is 1. The van der Waals surface area contributed by atoms with Crippen molar-refractivity contribution in [3.63, 3.8) is 0 Å². The summed E-state index contributed by atoms with van der Waals surface area (Å²) < 4.78 is 27.9. The molecule has 0 radical (unpaired) electrons. The summed E-state index contributed by atoms with van der Waals surface area (Å²) >= 11 is 0. The SMILES string of the molecule is Cc1n[nH]c(C)c1S(=O)(=O)N1CCCN(C(=O)CC23CC4CC(CC(C4)C2)C3)CC1. The quantitative estimate of drug-likeness (QED) is 0.789. The molecule has 0 aromatic carbocycles. The molecule has 0 unspecified atom stereocenters. The van der Waals surface area contributed by atoms with Gasteiger partial charge in [-0.2, -0.15) is 9.40 Å². The molecular formula is C22H34N4O3S. The lowest BCUT2D eigenvalue weighted by Crippen LogP contribution is -2.48. The molecule has 30 heavy (non-hydrogen) atoms. The van der Waals surface area contributed by atoms with Crippen molar-refractivity contribution in [1.82, 2.24) is 19.4 Å². The van der Waals surface area contributed by atoms with E-state index in [4.69, 9.17) is 0 Å². The highest BCUT2D eigenvalue weighted by Gasteiger charge is 2.51. The molecular weight excluding hydrogens is 400 g/mol. The van der Waals surface area contributed by atoms with Gasteiger partial charge in [0.2, 0.25) is 15.9 Å². The van der Waals surface area contributed by atoms with Crippen LogP contribution in [0.2, 0.25) is 0 Å². The van der Waals surface area contributed by atoms with Crippen molar-refractivity contribution >= 4 is 15.9 Å². The third-order valence-corrected chi connectivity index (χ3v) is 10.3. The Hall–Kier alpha value is -1.41. The third kappa shape index (κ3) is 3.49. The second-order valence-corrected chi connectivity index (χ2v) is 12.4. The standard InChI is InChI=1S/C22H34N4O3S/c1-15-21(16(2)24-23-15)30(28,29)26-5-3-4-25(6-7-26)20(27)14-22-11-17-8-18(12-22)10-19(9-17)13-22/h17-19H,3-14H2,1-2H3,(H,23,24). The minimum Gasteiger partial charge on any atom is -0.341 e. The first-order valence-electron chi connectivity index (χ1n) is 11.6. The van der Waals surface area contributed by atoms with Crippen molar-refractivity contribution in [2.24, 2.45) is 23.2 Å². The molecule has 1 amide bonds. The van der Waals surface area contributed by atoms with Gasteiger partial charge in [-0.15, -0.1) is 0 Å². The number of nitrogens with zero attached hydrogens (tertiary/aromatic N) is 3. The largest absolute Gasteiger partial charge is 0.341 e. The zero-order chi connectivity index (χ0) is 21.1. The maximum atomic E-state index is 13.3. The van der Waals surface area contributed by atoms with Gasteiger partial charge in [-0.25, -0.2) is 8.42 Å². The smallest absolute Gasteiger partial charge is 0.246 e.